The molecule has 274 valence electrons. The number of nitrogens with zero attached hydrogens (tertiary/aromatic N) is 7. The highest BCUT2D eigenvalue weighted by Crippen LogP contribution is 2.32. The number of hydrogen-bond donors (Lipinski definition) is 1. The SMILES string of the molecule is CC(NC(=O)c1c(-c2ccnn2-c2ccc(C#N)cc2)n(C)n(-c2cccc(C(F)(F)F)c2)c1=O)C(=O)N1CCC([N+](C)(C)Cc2ccccc2)CC1. The zero-order valence-electron chi connectivity index (χ0n) is 29.8. The third-order valence-electron chi connectivity index (χ3n) is 9.95. The maximum Gasteiger partial charge on any atom is 0.416 e. The lowest BCUT2D eigenvalue weighted by Gasteiger charge is -2.43. The van der Waals surface area contributed by atoms with Gasteiger partial charge in [0, 0.05) is 38.5 Å². The van der Waals surface area contributed by atoms with Crippen LogP contribution in [0.2, 0.25) is 0 Å². The summed E-state index contributed by atoms with van der Waals surface area (Å²) in [5.41, 5.74) is 0.147. The van der Waals surface area contributed by atoms with E-state index in [0.717, 1.165) is 40.7 Å². The van der Waals surface area contributed by atoms with Crippen molar-refractivity contribution in [2.24, 2.45) is 7.05 Å². The van der Waals surface area contributed by atoms with Gasteiger partial charge in [-0.15, -0.1) is 0 Å². The maximum absolute atomic E-state index is 14.2. The Morgan fingerprint density at radius 3 is 2.30 bits per heavy atom. The number of alkyl halides is 3. The van der Waals surface area contributed by atoms with E-state index in [4.69, 9.17) is 0 Å². The highest BCUT2D eigenvalue weighted by Gasteiger charge is 2.36. The van der Waals surface area contributed by atoms with Crippen LogP contribution in [0.3, 0.4) is 0 Å². The summed E-state index contributed by atoms with van der Waals surface area (Å²) in [4.78, 5) is 43.7. The number of rotatable bonds is 9. The van der Waals surface area contributed by atoms with Gasteiger partial charge in [-0.3, -0.25) is 19.1 Å². The van der Waals surface area contributed by atoms with Crippen LogP contribution in [-0.4, -0.2) is 79.6 Å². The standard InChI is InChI=1S/C39H39F3N8O3/c1-26(37(52)47-21-18-32(19-22-47)50(3,4)25-28-9-6-5-7-10-28)45-36(51)34-35(33-17-20-44-48(33)30-15-13-27(24-43)14-16-30)46(2)49(38(34)53)31-12-8-11-29(23-31)39(40,41)42/h5-17,20,23,26,32H,18-19,21-22,25H2,1-4H3/p+1. The van der Waals surface area contributed by atoms with Crippen LogP contribution in [-0.2, 0) is 24.6 Å². The van der Waals surface area contributed by atoms with Gasteiger partial charge in [-0.25, -0.2) is 9.36 Å². The Labute approximate surface area is 304 Å². The summed E-state index contributed by atoms with van der Waals surface area (Å²) in [6, 6.07) is 23.9. The molecule has 1 aliphatic heterocycles. The van der Waals surface area contributed by atoms with Crippen LogP contribution in [0.5, 0.6) is 0 Å². The maximum atomic E-state index is 14.2. The van der Waals surface area contributed by atoms with Crippen molar-refractivity contribution in [1.29, 1.82) is 5.26 Å². The van der Waals surface area contributed by atoms with E-state index in [9.17, 15) is 32.8 Å². The highest BCUT2D eigenvalue weighted by molar-refractivity contribution is 6.02. The second kappa shape index (κ2) is 14.6. The number of carbonyl (C=O) groups excluding carboxylic acids is 2. The first-order valence-electron chi connectivity index (χ1n) is 17.2. The quantitative estimate of drug-likeness (QED) is 0.207. The minimum atomic E-state index is -4.68. The van der Waals surface area contributed by atoms with Crippen LogP contribution in [0, 0.1) is 11.3 Å². The second-order valence-corrected chi connectivity index (χ2v) is 13.9. The molecule has 1 atom stereocenters. The van der Waals surface area contributed by atoms with Gasteiger partial charge in [0.25, 0.3) is 11.5 Å². The van der Waals surface area contributed by atoms with Crippen molar-refractivity contribution in [2.45, 2.75) is 44.6 Å². The molecule has 2 amide bonds. The molecule has 1 N–H and O–H groups in total. The molecule has 11 nitrogen and oxygen atoms in total. The van der Waals surface area contributed by atoms with Crippen LogP contribution in [0.1, 0.15) is 46.8 Å². The second-order valence-electron chi connectivity index (χ2n) is 13.9. The van der Waals surface area contributed by atoms with Gasteiger partial charge in [0.15, 0.2) is 0 Å². The van der Waals surface area contributed by atoms with E-state index in [2.05, 4.69) is 36.6 Å². The summed E-state index contributed by atoms with van der Waals surface area (Å²) in [6.07, 6.45) is -1.67. The molecule has 5 aromatic rings. The first kappa shape index (κ1) is 36.8. The van der Waals surface area contributed by atoms with Crippen molar-refractivity contribution >= 4 is 11.8 Å². The van der Waals surface area contributed by atoms with E-state index in [0.29, 0.717) is 30.4 Å². The number of halogens is 3. The average molecular weight is 726 g/mol. The van der Waals surface area contributed by atoms with Crippen molar-refractivity contribution in [3.05, 3.63) is 124 Å². The van der Waals surface area contributed by atoms with Crippen molar-refractivity contribution < 1.29 is 27.2 Å². The number of hydrogen-bond acceptors (Lipinski definition) is 5. The number of quaternary nitrogens is 1. The number of carbonyl (C=O) groups is 2. The molecule has 1 fully saturated rings. The van der Waals surface area contributed by atoms with E-state index < -0.39 is 29.2 Å². The lowest BCUT2D eigenvalue weighted by Crippen LogP contribution is -2.56. The largest absolute Gasteiger partial charge is 0.416 e. The van der Waals surface area contributed by atoms with Crippen molar-refractivity contribution in [3.8, 4) is 28.8 Å². The van der Waals surface area contributed by atoms with Gasteiger partial charge in [-0.1, -0.05) is 36.4 Å². The van der Waals surface area contributed by atoms with Gasteiger partial charge >= 0.3 is 6.18 Å². The molecule has 0 bridgehead atoms. The molecule has 1 aliphatic rings. The van der Waals surface area contributed by atoms with Crippen LogP contribution >= 0.6 is 0 Å². The Morgan fingerprint density at radius 1 is 0.981 bits per heavy atom. The number of piperidine rings is 1. The molecule has 0 saturated carbocycles. The van der Waals surface area contributed by atoms with Crippen LogP contribution in [0.25, 0.3) is 22.8 Å². The number of nitriles is 1. The Bertz CT molecular complexity index is 2220. The molecule has 53 heavy (non-hydrogen) atoms. The Morgan fingerprint density at radius 2 is 1.66 bits per heavy atom. The van der Waals surface area contributed by atoms with Gasteiger partial charge in [0.05, 0.1) is 60.6 Å². The molecule has 6 rings (SSSR count). The number of nitrogens with one attached hydrogen (secondary N) is 1. The average Bonchev–Trinajstić information content (AvgIpc) is 3.72. The number of benzene rings is 3. The van der Waals surface area contributed by atoms with E-state index in [-0.39, 0.29) is 28.5 Å². The molecule has 2 aromatic heterocycles. The molecular formula is C39H40F3N8O3+. The van der Waals surface area contributed by atoms with Crippen LogP contribution in [0.4, 0.5) is 13.2 Å². The highest BCUT2D eigenvalue weighted by atomic mass is 19.4. The van der Waals surface area contributed by atoms with E-state index in [1.165, 1.54) is 40.3 Å². The van der Waals surface area contributed by atoms with Crippen molar-refractivity contribution in [2.75, 3.05) is 27.2 Å². The third-order valence-corrected chi connectivity index (χ3v) is 9.95. The predicted octanol–water partition coefficient (Wildman–Crippen LogP) is 5.31. The minimum absolute atomic E-state index is 0.0608. The van der Waals surface area contributed by atoms with Crippen molar-refractivity contribution in [3.63, 3.8) is 0 Å². The van der Waals surface area contributed by atoms with Crippen molar-refractivity contribution in [1.82, 2.24) is 29.4 Å². The summed E-state index contributed by atoms with van der Waals surface area (Å²) in [5, 5.41) is 16.4. The van der Waals surface area contributed by atoms with Crippen LogP contribution in [0.15, 0.2) is 95.9 Å². The van der Waals surface area contributed by atoms with Crippen LogP contribution < -0.4 is 10.9 Å². The lowest BCUT2D eigenvalue weighted by atomic mass is 9.99. The molecule has 1 unspecified atom stereocenters. The molecule has 0 spiro atoms. The molecule has 14 heteroatoms. The predicted molar refractivity (Wildman–Crippen MR) is 192 cm³/mol. The fourth-order valence-electron chi connectivity index (χ4n) is 7.15. The zero-order chi connectivity index (χ0) is 38.1. The molecular weight excluding hydrogens is 685 g/mol. The van der Waals surface area contributed by atoms with E-state index >= 15 is 0 Å². The monoisotopic (exact) mass is 725 g/mol. The van der Waals surface area contributed by atoms with Gasteiger partial charge in [0.1, 0.15) is 23.8 Å². The molecule has 0 aliphatic carbocycles. The lowest BCUT2D eigenvalue weighted by molar-refractivity contribution is -0.929. The summed E-state index contributed by atoms with van der Waals surface area (Å²) in [5.74, 6) is -1.17. The first-order valence-corrected chi connectivity index (χ1v) is 17.2. The fraction of sp³-hybridized carbons (Fsp3) is 0.308. The smallest absolute Gasteiger partial charge is 0.340 e. The van der Waals surface area contributed by atoms with Gasteiger partial charge in [-0.2, -0.15) is 23.5 Å². The molecule has 3 aromatic carbocycles. The zero-order valence-corrected chi connectivity index (χ0v) is 29.8. The van der Waals surface area contributed by atoms with E-state index in [1.807, 2.05) is 24.3 Å². The molecule has 1 saturated heterocycles. The third kappa shape index (κ3) is 7.52. The number of aromatic nitrogens is 4. The molecule has 0 radical (unpaired) electrons. The number of likely N-dealkylation sites (tertiary alicyclic amines) is 1. The Balaban J connectivity index is 1.29. The molecule has 3 heterocycles. The summed E-state index contributed by atoms with van der Waals surface area (Å²) in [7, 11) is 5.84. The minimum Gasteiger partial charge on any atom is -0.340 e. The van der Waals surface area contributed by atoms with Gasteiger partial charge < -0.3 is 14.7 Å². The normalized spacial score (nSPS) is 14.5. The summed E-state index contributed by atoms with van der Waals surface area (Å²) >= 11 is 0. The summed E-state index contributed by atoms with van der Waals surface area (Å²) < 4.78 is 45.7. The topological polar surface area (TPSA) is 118 Å². The summed E-state index contributed by atoms with van der Waals surface area (Å²) in [6.45, 7) is 3.41. The Hall–Kier alpha value is -5.94. The van der Waals surface area contributed by atoms with E-state index in [1.54, 1.807) is 42.2 Å². The number of amides is 2. The Kier molecular flexibility index (Phi) is 10.1. The first-order chi connectivity index (χ1) is 25.2. The van der Waals surface area contributed by atoms with Gasteiger partial charge in [-0.05, 0) is 55.5 Å². The fourth-order valence-corrected chi connectivity index (χ4v) is 7.15. The van der Waals surface area contributed by atoms with Gasteiger partial charge in [0.2, 0.25) is 5.91 Å².